The fraction of sp³-hybridized carbons (Fsp3) is 0.296. The first-order valence-electron chi connectivity index (χ1n) is 11.7. The minimum absolute atomic E-state index is 0.146. The zero-order chi connectivity index (χ0) is 25.7. The normalized spacial score (nSPS) is 15.3. The first kappa shape index (κ1) is 26.2. The van der Waals surface area contributed by atoms with Crippen LogP contribution in [0.3, 0.4) is 0 Å². The number of carboxylic acid groups (broad SMARTS) is 1. The molecule has 3 aromatic rings. The number of aliphatic carboxylic acids is 1. The lowest BCUT2D eigenvalue weighted by Gasteiger charge is -2.31. The van der Waals surface area contributed by atoms with E-state index in [0.717, 1.165) is 15.6 Å². The maximum atomic E-state index is 12.9. The van der Waals surface area contributed by atoms with Gasteiger partial charge in [0.15, 0.2) is 0 Å². The highest BCUT2D eigenvalue weighted by Crippen LogP contribution is 2.37. The van der Waals surface area contributed by atoms with Crippen LogP contribution in [0.5, 0.6) is 0 Å². The first-order chi connectivity index (χ1) is 17.3. The molecule has 4 rings (SSSR count). The van der Waals surface area contributed by atoms with Gasteiger partial charge in [0.2, 0.25) is 11.8 Å². The Labute approximate surface area is 223 Å². The van der Waals surface area contributed by atoms with Crippen molar-refractivity contribution in [2.45, 2.75) is 31.7 Å². The molecule has 0 saturated carbocycles. The molecule has 36 heavy (non-hydrogen) atoms. The number of amides is 2. The van der Waals surface area contributed by atoms with Gasteiger partial charge in [-0.1, -0.05) is 53.5 Å². The summed E-state index contributed by atoms with van der Waals surface area (Å²) in [6.45, 7) is 0.892. The van der Waals surface area contributed by atoms with Crippen molar-refractivity contribution in [1.29, 1.82) is 0 Å². The molecule has 1 aliphatic rings. The van der Waals surface area contributed by atoms with Crippen LogP contribution in [0, 0.1) is 5.92 Å². The molecular weight excluding hydrogens is 519 g/mol. The summed E-state index contributed by atoms with van der Waals surface area (Å²) in [5.74, 6) is -1.54. The second-order valence-electron chi connectivity index (χ2n) is 8.86. The second kappa shape index (κ2) is 11.9. The fourth-order valence-corrected chi connectivity index (χ4v) is 5.86. The van der Waals surface area contributed by atoms with Gasteiger partial charge in [-0.3, -0.25) is 14.4 Å². The summed E-state index contributed by atoms with van der Waals surface area (Å²) in [5.41, 5.74) is 1.65. The number of thiophene rings is 1. The van der Waals surface area contributed by atoms with Gasteiger partial charge < -0.3 is 15.3 Å². The molecular formula is C27H26Cl2N2O4S. The molecule has 0 spiro atoms. The molecule has 188 valence electrons. The Hall–Kier alpha value is -2.87. The third-order valence-electron chi connectivity index (χ3n) is 6.33. The lowest BCUT2D eigenvalue weighted by Crippen LogP contribution is -2.46. The Morgan fingerprint density at radius 3 is 2.53 bits per heavy atom. The van der Waals surface area contributed by atoms with Crippen LogP contribution in [0.4, 0.5) is 0 Å². The highest BCUT2D eigenvalue weighted by Gasteiger charge is 2.28. The van der Waals surface area contributed by atoms with Crippen molar-refractivity contribution >= 4 is 68.5 Å². The highest BCUT2D eigenvalue weighted by atomic mass is 35.5. The maximum Gasteiger partial charge on any atom is 0.305 e. The standard InChI is InChI=1S/C27H26Cl2N2O4S/c28-24-19(15-20-10-13-36-26(20)25(24)29)6-7-22(32)31-11-8-18(9-12-31)27(35)30-21(16-23(33)34)14-17-4-2-1-3-5-17/h1-7,10,13,15,18,21H,8-9,11-12,14,16H2,(H,30,35)(H,33,34). The molecule has 1 saturated heterocycles. The molecule has 9 heteroatoms. The van der Waals surface area contributed by atoms with Crippen LogP contribution < -0.4 is 5.32 Å². The number of piperidine rings is 1. The van der Waals surface area contributed by atoms with Gasteiger partial charge in [-0.05, 0) is 59.4 Å². The van der Waals surface area contributed by atoms with Gasteiger partial charge in [0.05, 0.1) is 21.2 Å². The van der Waals surface area contributed by atoms with E-state index in [1.807, 2.05) is 47.8 Å². The third-order valence-corrected chi connectivity index (χ3v) is 8.27. The molecule has 6 nitrogen and oxygen atoms in total. The van der Waals surface area contributed by atoms with Crippen LogP contribution in [0.1, 0.15) is 30.4 Å². The van der Waals surface area contributed by atoms with Crippen molar-refractivity contribution in [1.82, 2.24) is 10.2 Å². The largest absolute Gasteiger partial charge is 0.481 e. The summed E-state index contributed by atoms with van der Waals surface area (Å²) in [7, 11) is 0. The van der Waals surface area contributed by atoms with E-state index in [-0.39, 0.29) is 24.2 Å². The number of carbonyl (C=O) groups excluding carboxylic acids is 2. The van der Waals surface area contributed by atoms with Crippen molar-refractivity contribution in [2.75, 3.05) is 13.1 Å². The molecule has 0 bridgehead atoms. The van der Waals surface area contributed by atoms with Crippen LogP contribution in [0.25, 0.3) is 16.2 Å². The number of benzene rings is 2. The number of nitrogens with one attached hydrogen (secondary N) is 1. The Kier molecular flexibility index (Phi) is 8.67. The van der Waals surface area contributed by atoms with Crippen LogP contribution in [-0.4, -0.2) is 46.9 Å². The van der Waals surface area contributed by atoms with Gasteiger partial charge in [-0.2, -0.15) is 0 Å². The van der Waals surface area contributed by atoms with Crippen molar-refractivity contribution in [3.8, 4) is 0 Å². The van der Waals surface area contributed by atoms with E-state index in [9.17, 15) is 19.5 Å². The number of fused-ring (bicyclic) bond motifs is 1. The van der Waals surface area contributed by atoms with Gasteiger partial charge in [0.25, 0.3) is 0 Å². The van der Waals surface area contributed by atoms with Crippen LogP contribution in [0.15, 0.2) is 53.9 Å². The van der Waals surface area contributed by atoms with Crippen LogP contribution >= 0.6 is 34.5 Å². The van der Waals surface area contributed by atoms with Gasteiger partial charge in [0, 0.05) is 31.1 Å². The summed E-state index contributed by atoms with van der Waals surface area (Å²) >= 11 is 14.3. The molecule has 0 aliphatic carbocycles. The Morgan fingerprint density at radius 2 is 1.83 bits per heavy atom. The lowest BCUT2D eigenvalue weighted by molar-refractivity contribution is -0.138. The Morgan fingerprint density at radius 1 is 1.11 bits per heavy atom. The zero-order valence-corrected chi connectivity index (χ0v) is 21.8. The minimum Gasteiger partial charge on any atom is -0.481 e. The summed E-state index contributed by atoms with van der Waals surface area (Å²) < 4.78 is 0.917. The monoisotopic (exact) mass is 544 g/mol. The van der Waals surface area contributed by atoms with Crippen molar-refractivity contribution in [3.05, 3.63) is 75.1 Å². The van der Waals surface area contributed by atoms with E-state index in [1.165, 1.54) is 17.4 Å². The SMILES string of the molecule is O=C(O)CC(Cc1ccccc1)NC(=O)C1CCN(C(=O)C=Cc2cc3ccsc3c(Cl)c2Cl)CC1. The molecule has 2 aromatic carbocycles. The Bertz CT molecular complexity index is 1280. The number of carboxylic acids is 1. The van der Waals surface area contributed by atoms with E-state index < -0.39 is 12.0 Å². The van der Waals surface area contributed by atoms with Gasteiger partial charge in [-0.25, -0.2) is 0 Å². The van der Waals surface area contributed by atoms with E-state index in [0.29, 0.717) is 48.0 Å². The lowest BCUT2D eigenvalue weighted by atomic mass is 9.94. The smallest absolute Gasteiger partial charge is 0.305 e. The van der Waals surface area contributed by atoms with E-state index in [2.05, 4.69) is 5.32 Å². The predicted molar refractivity (Wildman–Crippen MR) is 145 cm³/mol. The topological polar surface area (TPSA) is 86.7 Å². The zero-order valence-electron chi connectivity index (χ0n) is 19.5. The van der Waals surface area contributed by atoms with Crippen molar-refractivity contribution < 1.29 is 19.5 Å². The third kappa shape index (κ3) is 6.46. The van der Waals surface area contributed by atoms with Crippen molar-refractivity contribution in [2.24, 2.45) is 5.92 Å². The fourth-order valence-electron chi connectivity index (χ4n) is 4.42. The minimum atomic E-state index is -0.956. The molecule has 1 fully saturated rings. The molecule has 1 aromatic heterocycles. The number of nitrogens with zero attached hydrogens (tertiary/aromatic N) is 1. The Balaban J connectivity index is 1.32. The number of carbonyl (C=O) groups is 3. The number of likely N-dealkylation sites (tertiary alicyclic amines) is 1. The van der Waals surface area contributed by atoms with Crippen LogP contribution in [-0.2, 0) is 20.8 Å². The molecule has 1 aliphatic heterocycles. The first-order valence-corrected chi connectivity index (χ1v) is 13.3. The second-order valence-corrected chi connectivity index (χ2v) is 10.5. The quantitative estimate of drug-likeness (QED) is 0.358. The highest BCUT2D eigenvalue weighted by molar-refractivity contribution is 7.18. The van der Waals surface area contributed by atoms with Gasteiger partial charge >= 0.3 is 5.97 Å². The average Bonchev–Trinajstić information content (AvgIpc) is 3.34. The molecule has 0 radical (unpaired) electrons. The van der Waals surface area contributed by atoms with E-state index in [4.69, 9.17) is 23.2 Å². The average molecular weight is 545 g/mol. The number of hydrogen-bond acceptors (Lipinski definition) is 4. The number of rotatable bonds is 8. The summed E-state index contributed by atoms with van der Waals surface area (Å²) in [5, 5.41) is 16.0. The van der Waals surface area contributed by atoms with E-state index >= 15 is 0 Å². The van der Waals surface area contributed by atoms with E-state index in [1.54, 1.807) is 11.0 Å². The summed E-state index contributed by atoms with van der Waals surface area (Å²) in [6.07, 6.45) is 4.50. The maximum absolute atomic E-state index is 12.9. The molecule has 2 amide bonds. The summed E-state index contributed by atoms with van der Waals surface area (Å²) in [4.78, 5) is 38.7. The van der Waals surface area contributed by atoms with Gasteiger partial charge in [0.1, 0.15) is 0 Å². The predicted octanol–water partition coefficient (Wildman–Crippen LogP) is 5.66. The molecule has 1 unspecified atom stereocenters. The molecule has 2 N–H and O–H groups in total. The number of hydrogen-bond donors (Lipinski definition) is 2. The number of halogens is 2. The van der Waals surface area contributed by atoms with Crippen molar-refractivity contribution in [3.63, 3.8) is 0 Å². The van der Waals surface area contributed by atoms with Crippen LogP contribution in [0.2, 0.25) is 10.0 Å². The summed E-state index contributed by atoms with van der Waals surface area (Å²) in [6, 6.07) is 12.9. The van der Waals surface area contributed by atoms with Gasteiger partial charge in [-0.15, -0.1) is 11.3 Å². The molecule has 1 atom stereocenters. The molecule has 2 heterocycles.